The number of carboxylic acids is 1. The Bertz CT molecular complexity index is 157. The summed E-state index contributed by atoms with van der Waals surface area (Å²) < 4.78 is 0. The molecule has 0 aliphatic rings. The van der Waals surface area contributed by atoms with Gasteiger partial charge in [0.1, 0.15) is 5.41 Å². The first kappa shape index (κ1) is 10.5. The van der Waals surface area contributed by atoms with Crippen LogP contribution in [-0.2, 0) is 9.59 Å². The average molecular weight is 176 g/mol. The van der Waals surface area contributed by atoms with E-state index in [1.807, 2.05) is 0 Å². The predicted octanol–water partition coefficient (Wildman–Crippen LogP) is 1.33. The average Bonchev–Trinajstić information content (AvgIpc) is 1.90. The van der Waals surface area contributed by atoms with Gasteiger partial charge in [-0.15, -0.1) is 12.6 Å². The van der Waals surface area contributed by atoms with Crippen LogP contribution in [0.15, 0.2) is 0 Å². The summed E-state index contributed by atoms with van der Waals surface area (Å²) in [5, 5.41) is 8.16. The zero-order chi connectivity index (χ0) is 9.07. The smallest absolute Gasteiger partial charge is 0.318 e. The van der Waals surface area contributed by atoms with Crippen LogP contribution >= 0.6 is 12.6 Å². The second kappa shape index (κ2) is 3.76. The number of carbonyl (C=O) groups is 2. The van der Waals surface area contributed by atoms with Gasteiger partial charge in [0.2, 0.25) is 5.12 Å². The summed E-state index contributed by atoms with van der Waals surface area (Å²) in [6, 6.07) is 0. The summed E-state index contributed by atoms with van der Waals surface area (Å²) >= 11 is 3.56. The second-order valence-corrected chi connectivity index (χ2v) is 2.81. The van der Waals surface area contributed by atoms with E-state index in [0.717, 1.165) is 0 Å². The molecule has 0 radical (unpaired) electrons. The van der Waals surface area contributed by atoms with Crippen molar-refractivity contribution >= 4 is 23.7 Å². The Morgan fingerprint density at radius 3 is 1.73 bits per heavy atom. The van der Waals surface area contributed by atoms with E-state index >= 15 is 0 Å². The van der Waals surface area contributed by atoms with Crippen molar-refractivity contribution in [3.05, 3.63) is 0 Å². The van der Waals surface area contributed by atoms with Crippen molar-refractivity contribution in [2.75, 3.05) is 0 Å². The van der Waals surface area contributed by atoms with Crippen molar-refractivity contribution in [1.29, 1.82) is 0 Å². The molecule has 64 valence electrons. The first-order valence-corrected chi connectivity index (χ1v) is 3.92. The molecule has 0 bridgehead atoms. The van der Waals surface area contributed by atoms with Crippen LogP contribution in [0.1, 0.15) is 26.7 Å². The maximum Gasteiger partial charge on any atom is 0.318 e. The maximum absolute atomic E-state index is 10.9. The summed E-state index contributed by atoms with van der Waals surface area (Å²) in [5.74, 6) is -1.08. The lowest BCUT2D eigenvalue weighted by atomic mass is 9.84. The molecule has 0 saturated heterocycles. The van der Waals surface area contributed by atoms with Crippen molar-refractivity contribution in [2.45, 2.75) is 26.7 Å². The number of carbonyl (C=O) groups excluding carboxylic acids is 1. The Balaban J connectivity index is 4.76. The monoisotopic (exact) mass is 176 g/mol. The van der Waals surface area contributed by atoms with E-state index in [4.69, 9.17) is 5.11 Å². The molecule has 0 aromatic heterocycles. The largest absolute Gasteiger partial charge is 0.480 e. The van der Waals surface area contributed by atoms with Gasteiger partial charge in [-0.05, 0) is 12.8 Å². The quantitative estimate of drug-likeness (QED) is 0.502. The molecule has 3 nitrogen and oxygen atoms in total. The summed E-state index contributed by atoms with van der Waals surface area (Å²) in [7, 11) is 0. The van der Waals surface area contributed by atoms with E-state index in [2.05, 4.69) is 12.6 Å². The minimum Gasteiger partial charge on any atom is -0.480 e. The summed E-state index contributed by atoms with van der Waals surface area (Å²) in [6.45, 7) is 3.34. The predicted molar refractivity (Wildman–Crippen MR) is 44.6 cm³/mol. The molecule has 0 heterocycles. The van der Waals surface area contributed by atoms with Crippen LogP contribution < -0.4 is 0 Å². The highest BCUT2D eigenvalue weighted by Gasteiger charge is 2.40. The van der Waals surface area contributed by atoms with Crippen LogP contribution in [0.5, 0.6) is 0 Å². The van der Waals surface area contributed by atoms with Gasteiger partial charge in [-0.3, -0.25) is 9.59 Å². The van der Waals surface area contributed by atoms with Gasteiger partial charge in [-0.25, -0.2) is 0 Å². The minimum absolute atomic E-state index is 0.293. The third-order valence-electron chi connectivity index (χ3n) is 2.03. The van der Waals surface area contributed by atoms with Gasteiger partial charge in [-0.2, -0.15) is 0 Å². The fourth-order valence-electron chi connectivity index (χ4n) is 0.946. The molecule has 0 aliphatic heterocycles. The number of thiol groups is 1. The van der Waals surface area contributed by atoms with Gasteiger partial charge in [-0.1, -0.05) is 13.8 Å². The van der Waals surface area contributed by atoms with E-state index < -0.39 is 16.5 Å². The number of carboxylic acid groups (broad SMARTS) is 1. The normalized spacial score (nSPS) is 11.2. The minimum atomic E-state index is -1.27. The van der Waals surface area contributed by atoms with Crippen LogP contribution in [0.2, 0.25) is 0 Å². The van der Waals surface area contributed by atoms with Crippen molar-refractivity contribution < 1.29 is 14.7 Å². The van der Waals surface area contributed by atoms with E-state index in [0.29, 0.717) is 12.8 Å². The molecule has 0 atom stereocenters. The molecule has 0 fully saturated rings. The highest BCUT2D eigenvalue weighted by Crippen LogP contribution is 2.29. The Morgan fingerprint density at radius 2 is 1.73 bits per heavy atom. The third-order valence-corrected chi connectivity index (χ3v) is 2.45. The Kier molecular flexibility index (Phi) is 3.58. The number of hydrogen-bond acceptors (Lipinski definition) is 2. The first-order valence-electron chi connectivity index (χ1n) is 3.48. The number of aliphatic carboxylic acids is 1. The van der Waals surface area contributed by atoms with Gasteiger partial charge in [0, 0.05) is 0 Å². The van der Waals surface area contributed by atoms with E-state index in [9.17, 15) is 9.59 Å². The van der Waals surface area contributed by atoms with Crippen LogP contribution in [-0.4, -0.2) is 16.2 Å². The van der Waals surface area contributed by atoms with Crippen molar-refractivity contribution in [3.63, 3.8) is 0 Å². The third kappa shape index (κ3) is 1.74. The molecule has 11 heavy (non-hydrogen) atoms. The first-order chi connectivity index (χ1) is 5.01. The zero-order valence-electron chi connectivity index (χ0n) is 6.63. The summed E-state index contributed by atoms with van der Waals surface area (Å²) in [6.07, 6.45) is 0.586. The standard InChI is InChI=1S/C7H12O3S/c1-3-7(4-2,5(8)9)6(10)11/h3-4H2,1-2H3,(H,8,9)(H,10,11). The van der Waals surface area contributed by atoms with Gasteiger partial charge in [0.05, 0.1) is 0 Å². The Hall–Kier alpha value is -0.510. The van der Waals surface area contributed by atoms with Crippen LogP contribution in [0.25, 0.3) is 0 Å². The van der Waals surface area contributed by atoms with Gasteiger partial charge < -0.3 is 5.11 Å². The highest BCUT2D eigenvalue weighted by atomic mass is 32.1. The molecule has 0 aromatic carbocycles. The fraction of sp³-hybridized carbons (Fsp3) is 0.714. The van der Waals surface area contributed by atoms with Gasteiger partial charge in [0.25, 0.3) is 0 Å². The van der Waals surface area contributed by atoms with E-state index in [1.54, 1.807) is 13.8 Å². The Morgan fingerprint density at radius 1 is 1.36 bits per heavy atom. The fourth-order valence-corrected chi connectivity index (χ4v) is 1.36. The van der Waals surface area contributed by atoms with Gasteiger partial charge in [0.15, 0.2) is 0 Å². The van der Waals surface area contributed by atoms with Crippen molar-refractivity contribution in [3.8, 4) is 0 Å². The molecule has 0 rings (SSSR count). The number of hydrogen-bond donors (Lipinski definition) is 2. The van der Waals surface area contributed by atoms with Crippen LogP contribution in [0.3, 0.4) is 0 Å². The topological polar surface area (TPSA) is 54.4 Å². The molecule has 4 heteroatoms. The lowest BCUT2D eigenvalue weighted by Gasteiger charge is -2.21. The van der Waals surface area contributed by atoms with Crippen LogP contribution in [0.4, 0.5) is 0 Å². The lowest BCUT2D eigenvalue weighted by Crippen LogP contribution is -2.35. The summed E-state index contributed by atoms with van der Waals surface area (Å²) in [5.41, 5.74) is -1.27. The SMILES string of the molecule is CCC(CC)(C(=O)O)C(=O)S. The zero-order valence-corrected chi connectivity index (χ0v) is 7.52. The summed E-state index contributed by atoms with van der Waals surface area (Å²) in [4.78, 5) is 21.5. The molecule has 0 aromatic rings. The Labute approximate surface area is 71.2 Å². The molecule has 1 N–H and O–H groups in total. The lowest BCUT2D eigenvalue weighted by molar-refractivity contribution is -0.152. The molecule has 0 aliphatic carbocycles. The van der Waals surface area contributed by atoms with Crippen molar-refractivity contribution in [2.24, 2.45) is 5.41 Å². The van der Waals surface area contributed by atoms with E-state index in [-0.39, 0.29) is 0 Å². The second-order valence-electron chi connectivity index (χ2n) is 2.40. The molecule has 0 amide bonds. The maximum atomic E-state index is 10.9. The highest BCUT2D eigenvalue weighted by molar-refractivity contribution is 7.96. The van der Waals surface area contributed by atoms with Gasteiger partial charge >= 0.3 is 5.97 Å². The molecular formula is C7H12O3S. The molecule has 0 unspecified atom stereocenters. The van der Waals surface area contributed by atoms with Crippen LogP contribution in [0, 0.1) is 5.41 Å². The molecule has 0 saturated carbocycles. The molecular weight excluding hydrogens is 164 g/mol. The van der Waals surface area contributed by atoms with Crippen molar-refractivity contribution in [1.82, 2.24) is 0 Å². The van der Waals surface area contributed by atoms with E-state index in [1.165, 1.54) is 0 Å². The molecule has 0 spiro atoms. The number of rotatable bonds is 4.